The molecule has 7 heterocycles. The van der Waals surface area contributed by atoms with Gasteiger partial charge in [-0.25, -0.2) is 9.97 Å². The highest BCUT2D eigenvalue weighted by atomic mass is 15.2. The van der Waals surface area contributed by atoms with Crippen LogP contribution in [0.1, 0.15) is 0 Å². The topological polar surface area (TPSA) is 55.4 Å². The van der Waals surface area contributed by atoms with Gasteiger partial charge < -0.3 is 27.4 Å². The molecule has 0 aliphatic carbocycles. The van der Waals surface area contributed by atoms with Crippen molar-refractivity contribution < 1.29 is 0 Å². The molecular formula is C94H58N8. The van der Waals surface area contributed by atoms with Crippen molar-refractivity contribution in [3.8, 4) is 68.0 Å². The van der Waals surface area contributed by atoms with Gasteiger partial charge in [0.15, 0.2) is 5.82 Å². The van der Waals surface area contributed by atoms with Crippen LogP contribution in [0.3, 0.4) is 0 Å². The molecule has 0 saturated carbocycles. The van der Waals surface area contributed by atoms with Crippen LogP contribution in [0.25, 0.3) is 199 Å². The molecule has 0 aliphatic heterocycles. The normalized spacial score (nSPS) is 12.1. The summed E-state index contributed by atoms with van der Waals surface area (Å²) in [5.74, 6) is 0.607. The summed E-state index contributed by atoms with van der Waals surface area (Å²) in [6.45, 7) is 0. The van der Waals surface area contributed by atoms with Gasteiger partial charge in [-0.2, -0.15) is 0 Å². The highest BCUT2D eigenvalue weighted by molar-refractivity contribution is 6.20. The number of rotatable bonds is 9. The Morgan fingerprint density at radius 1 is 0.167 bits per heavy atom. The molecule has 0 radical (unpaired) electrons. The van der Waals surface area contributed by atoms with E-state index in [1.54, 1.807) is 0 Å². The molecule has 474 valence electrons. The molecule has 0 saturated heterocycles. The molecule has 8 heteroatoms. The zero-order valence-electron chi connectivity index (χ0n) is 55.1. The highest BCUT2D eigenvalue weighted by Crippen LogP contribution is 2.55. The first-order valence-electron chi connectivity index (χ1n) is 34.9. The molecule has 22 rings (SSSR count). The smallest absolute Gasteiger partial charge is 0.160 e. The zero-order valence-corrected chi connectivity index (χ0v) is 55.1. The quantitative estimate of drug-likeness (QED) is 0.145. The third-order valence-electron chi connectivity index (χ3n) is 21.4. The van der Waals surface area contributed by atoms with Crippen molar-refractivity contribution >= 4 is 131 Å². The van der Waals surface area contributed by atoms with Crippen molar-refractivity contribution in [2.24, 2.45) is 0 Å². The molecule has 0 bridgehead atoms. The van der Waals surface area contributed by atoms with E-state index in [0.29, 0.717) is 5.82 Å². The fourth-order valence-corrected chi connectivity index (χ4v) is 17.2. The summed E-state index contributed by atoms with van der Waals surface area (Å²) in [6.07, 6.45) is 0. The van der Waals surface area contributed by atoms with Crippen molar-refractivity contribution in [2.45, 2.75) is 0 Å². The second-order valence-corrected chi connectivity index (χ2v) is 26.7. The van der Waals surface area contributed by atoms with Gasteiger partial charge in [0, 0.05) is 81.4 Å². The molecule has 0 unspecified atom stereocenters. The van der Waals surface area contributed by atoms with Gasteiger partial charge in [-0.1, -0.05) is 261 Å². The molecule has 0 amide bonds. The third-order valence-corrected chi connectivity index (χ3v) is 21.4. The molecular weight excluding hydrogens is 1240 g/mol. The number of benzene rings is 15. The summed E-state index contributed by atoms with van der Waals surface area (Å²) >= 11 is 0. The zero-order chi connectivity index (χ0) is 66.7. The van der Waals surface area contributed by atoms with E-state index in [-0.39, 0.29) is 0 Å². The van der Waals surface area contributed by atoms with Gasteiger partial charge in [-0.3, -0.25) is 0 Å². The Hall–Kier alpha value is -13.8. The maximum Gasteiger partial charge on any atom is 0.160 e. The Kier molecular flexibility index (Phi) is 12.0. The maximum atomic E-state index is 6.16. The monoisotopic (exact) mass is 1300 g/mol. The summed E-state index contributed by atoms with van der Waals surface area (Å²) in [7, 11) is 0. The van der Waals surface area contributed by atoms with Crippen molar-refractivity contribution in [3.05, 3.63) is 352 Å². The summed E-state index contributed by atoms with van der Waals surface area (Å²) in [5.41, 5.74) is 22.9. The molecule has 0 atom stereocenters. The minimum absolute atomic E-state index is 0.607. The van der Waals surface area contributed by atoms with Crippen LogP contribution in [0.15, 0.2) is 352 Å². The van der Waals surface area contributed by atoms with Gasteiger partial charge in [0.05, 0.1) is 112 Å². The lowest BCUT2D eigenvalue weighted by Gasteiger charge is -2.31. The SMILES string of the molecule is c1ccc(-c2cc(-c3c(-n4c5ccccc5c5ccccc54)c(-n4c5ccccc5c5ccccc54)c(-n4c5ccccc5c5cc(-n6c7ccccc7c7ccccc76)ccc54)c(-n4c5ccccc5c5ccccc54)c3-n3c4ccccc4c4ccccc43)nc(-c3ccccc3)n2)cc1. The standard InChI is InChI=1S/C94H58N8/c1-3-29-59(30-4-1)74-58-75(96-94(95-74)60-31-5-2-6-32-60)88-89(98-78-46-20-9-35-64(78)65-36-10-21-47-79(65)98)91(100-82-50-24-13-39-68(82)69-40-14-25-51-83(69)100)93(102-86-54-28-17-43-72(86)73-57-61(55-56-87(73)102)97-76-44-18-7-33-62(76)63-34-8-19-45-77(63)97)92(101-84-52-26-15-41-70(84)71-42-16-27-53-85(71)101)90(88)99-80-48-22-11-37-66(80)67-38-12-23-49-81(67)99/h1-58H. The van der Waals surface area contributed by atoms with Gasteiger partial charge in [0.25, 0.3) is 0 Å². The molecule has 102 heavy (non-hydrogen) atoms. The lowest BCUT2D eigenvalue weighted by molar-refractivity contribution is 0.998. The molecule has 15 aromatic carbocycles. The Morgan fingerprint density at radius 2 is 0.402 bits per heavy atom. The van der Waals surface area contributed by atoms with E-state index < -0.39 is 0 Å². The van der Waals surface area contributed by atoms with Crippen LogP contribution in [0.4, 0.5) is 0 Å². The molecule has 8 nitrogen and oxygen atoms in total. The molecule has 0 N–H and O–H groups in total. The fraction of sp³-hybridized carbons (Fsp3) is 0. The second-order valence-electron chi connectivity index (χ2n) is 26.7. The third kappa shape index (κ3) is 7.97. The first kappa shape index (κ1) is 56.2. The van der Waals surface area contributed by atoms with Crippen LogP contribution in [0.2, 0.25) is 0 Å². The first-order chi connectivity index (χ1) is 50.7. The minimum Gasteiger partial charge on any atom is -0.309 e. The Labute approximate surface area is 584 Å². The summed E-state index contributed by atoms with van der Waals surface area (Å²) < 4.78 is 15.5. The molecule has 7 aromatic heterocycles. The predicted octanol–water partition coefficient (Wildman–Crippen LogP) is 24.1. The van der Waals surface area contributed by atoms with Crippen molar-refractivity contribution in [2.75, 3.05) is 0 Å². The van der Waals surface area contributed by atoms with Gasteiger partial charge >= 0.3 is 0 Å². The Morgan fingerprint density at radius 3 is 0.725 bits per heavy atom. The number of aromatic nitrogens is 8. The number of hydrogen-bond donors (Lipinski definition) is 0. The van der Waals surface area contributed by atoms with Crippen LogP contribution in [-0.2, 0) is 0 Å². The second kappa shape index (κ2) is 21.8. The maximum absolute atomic E-state index is 6.16. The largest absolute Gasteiger partial charge is 0.309 e. The number of hydrogen-bond acceptors (Lipinski definition) is 2. The molecule has 22 aromatic rings. The highest BCUT2D eigenvalue weighted by Gasteiger charge is 2.38. The molecule has 0 fully saturated rings. The van der Waals surface area contributed by atoms with E-state index in [2.05, 4.69) is 379 Å². The number of fused-ring (bicyclic) bond motifs is 18. The van der Waals surface area contributed by atoms with Gasteiger partial charge in [0.2, 0.25) is 0 Å². The van der Waals surface area contributed by atoms with Crippen molar-refractivity contribution in [1.82, 2.24) is 37.4 Å². The average Bonchev–Trinajstić information content (AvgIpc) is 1.37. The summed E-state index contributed by atoms with van der Waals surface area (Å²) in [5, 5.41) is 13.7. The van der Waals surface area contributed by atoms with E-state index in [0.717, 1.165) is 182 Å². The van der Waals surface area contributed by atoms with Crippen LogP contribution in [-0.4, -0.2) is 37.4 Å². The van der Waals surface area contributed by atoms with Gasteiger partial charge in [-0.05, 0) is 91.0 Å². The summed E-state index contributed by atoms with van der Waals surface area (Å²) in [4.78, 5) is 11.8. The Balaban J connectivity index is 1.08. The van der Waals surface area contributed by atoms with Crippen LogP contribution in [0.5, 0.6) is 0 Å². The Bertz CT molecular complexity index is 6680. The van der Waals surface area contributed by atoms with Gasteiger partial charge in [0.1, 0.15) is 0 Å². The van der Waals surface area contributed by atoms with Crippen molar-refractivity contribution in [1.29, 1.82) is 0 Å². The molecule has 0 spiro atoms. The first-order valence-corrected chi connectivity index (χ1v) is 34.9. The lowest BCUT2D eigenvalue weighted by atomic mass is 9.96. The minimum atomic E-state index is 0.607. The number of nitrogens with zero attached hydrogens (tertiary/aromatic N) is 8. The lowest BCUT2D eigenvalue weighted by Crippen LogP contribution is -2.19. The van der Waals surface area contributed by atoms with E-state index >= 15 is 0 Å². The average molecular weight is 1300 g/mol. The van der Waals surface area contributed by atoms with E-state index in [9.17, 15) is 0 Å². The van der Waals surface area contributed by atoms with E-state index in [1.807, 2.05) is 0 Å². The van der Waals surface area contributed by atoms with Crippen LogP contribution in [0, 0.1) is 0 Å². The van der Waals surface area contributed by atoms with Crippen LogP contribution >= 0.6 is 0 Å². The summed E-state index contributed by atoms with van der Waals surface area (Å²) in [6, 6.07) is 129. The van der Waals surface area contributed by atoms with Gasteiger partial charge in [-0.15, -0.1) is 0 Å². The number of para-hydroxylation sites is 11. The van der Waals surface area contributed by atoms with E-state index in [4.69, 9.17) is 9.97 Å². The van der Waals surface area contributed by atoms with Crippen molar-refractivity contribution in [3.63, 3.8) is 0 Å². The molecule has 0 aliphatic rings. The van der Waals surface area contributed by atoms with E-state index in [1.165, 1.54) is 10.8 Å². The predicted molar refractivity (Wildman–Crippen MR) is 424 cm³/mol. The van der Waals surface area contributed by atoms with Crippen LogP contribution < -0.4 is 0 Å². The fourth-order valence-electron chi connectivity index (χ4n) is 17.2.